The maximum Gasteiger partial charge on any atom is 0.120 e. The smallest absolute Gasteiger partial charge is 0.120 e. The van der Waals surface area contributed by atoms with Crippen LogP contribution in [0.15, 0.2) is 60.1 Å². The van der Waals surface area contributed by atoms with E-state index in [9.17, 15) is 0 Å². The monoisotopic (exact) mass is 352 g/mol. The molecular weight excluding hydrogens is 320 g/mol. The highest BCUT2D eigenvalue weighted by Crippen LogP contribution is 2.24. The summed E-state index contributed by atoms with van der Waals surface area (Å²) in [5, 5.41) is 0. The highest BCUT2D eigenvalue weighted by atomic mass is 16.5. The lowest BCUT2D eigenvalue weighted by atomic mass is 10.1. The lowest BCUT2D eigenvalue weighted by molar-refractivity contribution is 0.362. The molecule has 3 heteroatoms. The van der Waals surface area contributed by atoms with Crippen LogP contribution in [0.4, 0.5) is 0 Å². The Morgan fingerprint density at radius 2 is 2.00 bits per heavy atom. The normalized spacial score (nSPS) is 11.7. The van der Waals surface area contributed by atoms with E-state index in [2.05, 4.69) is 68.5 Å². The number of nitrogens with zero attached hydrogens (tertiary/aromatic N) is 2. The molecule has 3 nitrogen and oxygen atoms in total. The van der Waals surface area contributed by atoms with Crippen LogP contribution in [0.5, 0.6) is 5.75 Å². The maximum atomic E-state index is 5.94. The fourth-order valence-corrected chi connectivity index (χ4v) is 2.82. The van der Waals surface area contributed by atoms with Crippen LogP contribution < -0.4 is 4.74 Å². The first kappa shape index (κ1) is 20.0. The molecule has 0 aliphatic carbocycles. The molecule has 0 spiro atoms. The Bertz CT molecular complexity index is 749. The van der Waals surface area contributed by atoms with Crippen LogP contribution in [0.3, 0.4) is 0 Å². The molecule has 0 aliphatic heterocycles. The fraction of sp³-hybridized carbons (Fsp3) is 0.435. The predicted molar refractivity (Wildman–Crippen MR) is 110 cm³/mol. The predicted octanol–water partition coefficient (Wildman–Crippen LogP) is 6.28. The first-order chi connectivity index (χ1) is 12.5. The number of benzene rings is 1. The molecule has 140 valence electrons. The summed E-state index contributed by atoms with van der Waals surface area (Å²) in [6, 6.07) is 8.27. The molecule has 0 aliphatic rings. The average molecular weight is 353 g/mol. The van der Waals surface area contributed by atoms with Gasteiger partial charge in [-0.3, -0.25) is 0 Å². The largest absolute Gasteiger partial charge is 0.490 e. The Morgan fingerprint density at radius 1 is 1.19 bits per heavy atom. The number of ether oxygens (including phenoxy) is 1. The third-order valence-corrected chi connectivity index (χ3v) is 4.18. The zero-order valence-electron chi connectivity index (χ0n) is 16.8. The highest BCUT2D eigenvalue weighted by Gasteiger charge is 2.07. The van der Waals surface area contributed by atoms with Gasteiger partial charge in [-0.05, 0) is 57.7 Å². The molecular formula is C23H32N2O. The maximum absolute atomic E-state index is 5.94. The van der Waals surface area contributed by atoms with Crippen molar-refractivity contribution in [3.63, 3.8) is 0 Å². The van der Waals surface area contributed by atoms with Crippen molar-refractivity contribution in [2.45, 2.75) is 54.0 Å². The van der Waals surface area contributed by atoms with Gasteiger partial charge in [0.25, 0.3) is 0 Å². The molecule has 0 amide bonds. The summed E-state index contributed by atoms with van der Waals surface area (Å²) in [5.74, 6) is 1.48. The van der Waals surface area contributed by atoms with E-state index in [0.29, 0.717) is 12.5 Å². The minimum Gasteiger partial charge on any atom is -0.490 e. The zero-order chi connectivity index (χ0) is 18.9. The first-order valence-corrected chi connectivity index (χ1v) is 9.48. The van der Waals surface area contributed by atoms with Gasteiger partial charge in [0.15, 0.2) is 0 Å². The van der Waals surface area contributed by atoms with Crippen LogP contribution in [0.25, 0.3) is 11.3 Å². The van der Waals surface area contributed by atoms with Gasteiger partial charge in [-0.25, -0.2) is 4.98 Å². The Labute approximate surface area is 158 Å². The molecule has 1 aromatic heterocycles. The first-order valence-electron chi connectivity index (χ1n) is 9.48. The standard InChI is InChI=1S/C23H32N2O/c1-18(2)8-6-9-20(5)12-13-26-22-11-7-10-21(14-22)23-15-24-17-25(23)16-19(3)4/h7-8,10-12,14-15,17,19H,6,9,13,16H2,1-5H3. The van der Waals surface area contributed by atoms with Crippen molar-refractivity contribution in [2.75, 3.05) is 6.61 Å². The lowest BCUT2D eigenvalue weighted by Crippen LogP contribution is -2.04. The van der Waals surface area contributed by atoms with Gasteiger partial charge < -0.3 is 9.30 Å². The molecule has 0 N–H and O–H groups in total. The summed E-state index contributed by atoms with van der Waals surface area (Å²) >= 11 is 0. The second kappa shape index (κ2) is 10.0. The molecule has 0 fully saturated rings. The molecule has 1 heterocycles. The molecule has 0 atom stereocenters. The molecule has 0 radical (unpaired) electrons. The van der Waals surface area contributed by atoms with Gasteiger partial charge in [0.1, 0.15) is 12.4 Å². The summed E-state index contributed by atoms with van der Waals surface area (Å²) in [5.41, 5.74) is 5.03. The zero-order valence-corrected chi connectivity index (χ0v) is 16.8. The summed E-state index contributed by atoms with van der Waals surface area (Å²) in [6.45, 7) is 12.5. The van der Waals surface area contributed by atoms with E-state index in [4.69, 9.17) is 4.74 Å². The molecule has 2 aromatic rings. The van der Waals surface area contributed by atoms with Crippen molar-refractivity contribution in [2.24, 2.45) is 5.92 Å². The van der Waals surface area contributed by atoms with Crippen molar-refractivity contribution in [1.29, 1.82) is 0 Å². The third-order valence-electron chi connectivity index (χ3n) is 4.18. The molecule has 2 rings (SSSR count). The lowest BCUT2D eigenvalue weighted by Gasteiger charge is -2.12. The molecule has 0 saturated carbocycles. The van der Waals surface area contributed by atoms with Gasteiger partial charge in [-0.2, -0.15) is 0 Å². The molecule has 0 bridgehead atoms. The van der Waals surface area contributed by atoms with E-state index < -0.39 is 0 Å². The van der Waals surface area contributed by atoms with E-state index >= 15 is 0 Å². The molecule has 0 saturated heterocycles. The van der Waals surface area contributed by atoms with Crippen LogP contribution in [0.1, 0.15) is 47.5 Å². The van der Waals surface area contributed by atoms with Gasteiger partial charge in [0.05, 0.1) is 18.2 Å². The van der Waals surface area contributed by atoms with Crippen LogP contribution in [0.2, 0.25) is 0 Å². The van der Waals surface area contributed by atoms with Crippen molar-refractivity contribution < 1.29 is 4.74 Å². The van der Waals surface area contributed by atoms with E-state index in [1.54, 1.807) is 0 Å². The number of allylic oxidation sites excluding steroid dienone is 3. The Morgan fingerprint density at radius 3 is 2.73 bits per heavy atom. The number of rotatable bonds is 9. The number of aromatic nitrogens is 2. The topological polar surface area (TPSA) is 27.1 Å². The quantitative estimate of drug-likeness (QED) is 0.497. The van der Waals surface area contributed by atoms with Crippen molar-refractivity contribution in [1.82, 2.24) is 9.55 Å². The Kier molecular flexibility index (Phi) is 7.71. The molecule has 1 aromatic carbocycles. The van der Waals surface area contributed by atoms with Gasteiger partial charge in [-0.15, -0.1) is 0 Å². The highest BCUT2D eigenvalue weighted by molar-refractivity contribution is 5.61. The van der Waals surface area contributed by atoms with E-state index in [0.717, 1.165) is 36.4 Å². The summed E-state index contributed by atoms with van der Waals surface area (Å²) in [6.07, 6.45) is 10.5. The van der Waals surface area contributed by atoms with Gasteiger partial charge in [0.2, 0.25) is 0 Å². The number of imidazole rings is 1. The van der Waals surface area contributed by atoms with E-state index in [1.807, 2.05) is 24.7 Å². The fourth-order valence-electron chi connectivity index (χ4n) is 2.82. The minimum atomic E-state index is 0.585. The Balaban J connectivity index is 1.97. The van der Waals surface area contributed by atoms with Crippen LogP contribution in [-0.2, 0) is 6.54 Å². The average Bonchev–Trinajstić information content (AvgIpc) is 3.02. The summed E-state index contributed by atoms with van der Waals surface area (Å²) in [4.78, 5) is 4.32. The van der Waals surface area contributed by atoms with Crippen molar-refractivity contribution >= 4 is 0 Å². The van der Waals surface area contributed by atoms with Crippen molar-refractivity contribution in [3.8, 4) is 17.0 Å². The minimum absolute atomic E-state index is 0.585. The van der Waals surface area contributed by atoms with Crippen LogP contribution in [-0.4, -0.2) is 16.2 Å². The summed E-state index contributed by atoms with van der Waals surface area (Å²) < 4.78 is 8.15. The van der Waals surface area contributed by atoms with Crippen LogP contribution >= 0.6 is 0 Å². The third kappa shape index (κ3) is 6.55. The van der Waals surface area contributed by atoms with Gasteiger partial charge in [-0.1, -0.05) is 43.2 Å². The van der Waals surface area contributed by atoms with Gasteiger partial charge >= 0.3 is 0 Å². The Hall–Kier alpha value is -2.29. The molecule has 26 heavy (non-hydrogen) atoms. The number of hydrogen-bond donors (Lipinski definition) is 0. The van der Waals surface area contributed by atoms with Crippen molar-refractivity contribution in [3.05, 3.63) is 60.1 Å². The van der Waals surface area contributed by atoms with E-state index in [-0.39, 0.29) is 0 Å². The van der Waals surface area contributed by atoms with E-state index in [1.165, 1.54) is 11.1 Å². The van der Waals surface area contributed by atoms with Gasteiger partial charge in [0, 0.05) is 12.1 Å². The number of hydrogen-bond acceptors (Lipinski definition) is 2. The summed E-state index contributed by atoms with van der Waals surface area (Å²) in [7, 11) is 0. The second-order valence-corrected chi connectivity index (χ2v) is 7.53. The SMILES string of the molecule is CC(C)=CCCC(C)=CCOc1cccc(-c2cncn2CC(C)C)c1. The molecule has 0 unspecified atom stereocenters. The van der Waals surface area contributed by atoms with Crippen LogP contribution in [0, 0.1) is 5.92 Å². The second-order valence-electron chi connectivity index (χ2n) is 7.53.